The molecular weight excluding hydrogens is 260 g/mol. The number of aryl methyl sites for hydroxylation is 2. The molecule has 0 saturated carbocycles. The van der Waals surface area contributed by atoms with E-state index in [2.05, 4.69) is 15.4 Å². The molecule has 0 spiro atoms. The third kappa shape index (κ3) is 2.68. The predicted octanol–water partition coefficient (Wildman–Crippen LogP) is 1.32. The lowest BCUT2D eigenvalue weighted by atomic mass is 9.98. The Morgan fingerprint density at radius 2 is 2.53 bits per heavy atom. The zero-order chi connectivity index (χ0) is 13.2. The average molecular weight is 276 g/mol. The summed E-state index contributed by atoms with van der Waals surface area (Å²) in [6.07, 6.45) is 4.56. The van der Waals surface area contributed by atoms with Crippen LogP contribution in [0.1, 0.15) is 22.7 Å². The number of hydrogen-bond acceptors (Lipinski definition) is 4. The van der Waals surface area contributed by atoms with Crippen molar-refractivity contribution >= 4 is 17.2 Å². The van der Waals surface area contributed by atoms with E-state index in [1.807, 2.05) is 18.5 Å². The predicted molar refractivity (Wildman–Crippen MR) is 73.0 cm³/mol. The molecule has 0 aliphatic heterocycles. The molecule has 0 bridgehead atoms. The molecule has 100 valence electrons. The molecule has 0 saturated heterocycles. The van der Waals surface area contributed by atoms with Gasteiger partial charge in [-0.05, 0) is 25.8 Å². The van der Waals surface area contributed by atoms with Crippen LogP contribution in [0.3, 0.4) is 0 Å². The van der Waals surface area contributed by atoms with Crippen LogP contribution >= 0.6 is 11.3 Å². The number of hydrogen-bond donors (Lipinski definition) is 1. The number of aromatic nitrogens is 3. The van der Waals surface area contributed by atoms with Gasteiger partial charge in [0.1, 0.15) is 6.54 Å². The lowest BCUT2D eigenvalue weighted by molar-refractivity contribution is -0.122. The quantitative estimate of drug-likeness (QED) is 0.920. The SMILES string of the molecule is Cc1ccnn1CC(=O)N[C@H]1CCc2ncsc2C1. The summed E-state index contributed by atoms with van der Waals surface area (Å²) in [4.78, 5) is 17.6. The summed E-state index contributed by atoms with van der Waals surface area (Å²) in [5.41, 5.74) is 4.10. The van der Waals surface area contributed by atoms with Crippen LogP contribution in [0.15, 0.2) is 17.8 Å². The monoisotopic (exact) mass is 276 g/mol. The van der Waals surface area contributed by atoms with Crippen LogP contribution in [-0.2, 0) is 24.2 Å². The van der Waals surface area contributed by atoms with Gasteiger partial charge in [-0.3, -0.25) is 9.48 Å². The van der Waals surface area contributed by atoms with E-state index in [4.69, 9.17) is 0 Å². The van der Waals surface area contributed by atoms with Crippen molar-refractivity contribution in [3.05, 3.63) is 34.0 Å². The molecule has 0 unspecified atom stereocenters. The van der Waals surface area contributed by atoms with Gasteiger partial charge in [0.05, 0.1) is 11.2 Å². The molecule has 2 aromatic rings. The lowest BCUT2D eigenvalue weighted by Gasteiger charge is -2.22. The minimum atomic E-state index is 0.0322. The van der Waals surface area contributed by atoms with Gasteiger partial charge in [0.25, 0.3) is 0 Å². The summed E-state index contributed by atoms with van der Waals surface area (Å²) in [6.45, 7) is 2.25. The maximum atomic E-state index is 12.0. The van der Waals surface area contributed by atoms with E-state index in [1.54, 1.807) is 22.2 Å². The molecule has 19 heavy (non-hydrogen) atoms. The zero-order valence-electron chi connectivity index (χ0n) is 10.8. The molecule has 5 nitrogen and oxygen atoms in total. The Morgan fingerprint density at radius 3 is 3.32 bits per heavy atom. The third-order valence-corrected chi connectivity index (χ3v) is 4.37. The van der Waals surface area contributed by atoms with E-state index in [0.717, 1.165) is 25.0 Å². The summed E-state index contributed by atoms with van der Waals surface area (Å²) in [7, 11) is 0. The molecule has 1 N–H and O–H groups in total. The first kappa shape index (κ1) is 12.3. The van der Waals surface area contributed by atoms with Gasteiger partial charge in [-0.25, -0.2) is 4.98 Å². The highest BCUT2D eigenvalue weighted by molar-refractivity contribution is 7.09. The first-order chi connectivity index (χ1) is 9.22. The lowest BCUT2D eigenvalue weighted by Crippen LogP contribution is -2.40. The van der Waals surface area contributed by atoms with E-state index in [9.17, 15) is 4.79 Å². The Labute approximate surface area is 115 Å². The highest BCUT2D eigenvalue weighted by Crippen LogP contribution is 2.23. The van der Waals surface area contributed by atoms with E-state index in [0.29, 0.717) is 6.54 Å². The first-order valence-corrected chi connectivity index (χ1v) is 7.29. The zero-order valence-corrected chi connectivity index (χ0v) is 11.6. The van der Waals surface area contributed by atoms with Gasteiger partial charge in [0.2, 0.25) is 5.91 Å². The smallest absolute Gasteiger partial charge is 0.241 e. The van der Waals surface area contributed by atoms with Crippen LogP contribution in [0.25, 0.3) is 0 Å². The Morgan fingerprint density at radius 1 is 1.63 bits per heavy atom. The van der Waals surface area contributed by atoms with E-state index in [1.165, 1.54) is 10.6 Å². The van der Waals surface area contributed by atoms with Gasteiger partial charge in [-0.1, -0.05) is 0 Å². The van der Waals surface area contributed by atoms with Crippen LogP contribution in [0.4, 0.5) is 0 Å². The van der Waals surface area contributed by atoms with Crippen molar-refractivity contribution in [1.29, 1.82) is 0 Å². The maximum Gasteiger partial charge on any atom is 0.241 e. The van der Waals surface area contributed by atoms with Gasteiger partial charge >= 0.3 is 0 Å². The topological polar surface area (TPSA) is 59.8 Å². The van der Waals surface area contributed by atoms with Crippen LogP contribution in [-0.4, -0.2) is 26.7 Å². The highest BCUT2D eigenvalue weighted by atomic mass is 32.1. The molecule has 1 aliphatic rings. The second kappa shape index (κ2) is 5.13. The Hall–Kier alpha value is -1.69. The van der Waals surface area contributed by atoms with Crippen LogP contribution in [0.2, 0.25) is 0 Å². The first-order valence-electron chi connectivity index (χ1n) is 6.41. The number of carbonyl (C=O) groups excluding carboxylic acids is 1. The van der Waals surface area contributed by atoms with E-state index >= 15 is 0 Å². The average Bonchev–Trinajstić information content (AvgIpc) is 2.98. The van der Waals surface area contributed by atoms with Crippen LogP contribution in [0, 0.1) is 6.92 Å². The Balaban J connectivity index is 1.58. The summed E-state index contributed by atoms with van der Waals surface area (Å²) >= 11 is 1.68. The van der Waals surface area contributed by atoms with Gasteiger partial charge in [0, 0.05) is 29.2 Å². The molecule has 0 fully saturated rings. The Kier molecular flexibility index (Phi) is 3.33. The number of nitrogens with one attached hydrogen (secondary N) is 1. The van der Waals surface area contributed by atoms with Crippen molar-refractivity contribution in [2.24, 2.45) is 0 Å². The second-order valence-electron chi connectivity index (χ2n) is 4.86. The molecule has 6 heteroatoms. The number of thiazole rings is 1. The molecule has 0 aromatic carbocycles. The van der Waals surface area contributed by atoms with Crippen molar-refractivity contribution in [2.75, 3.05) is 0 Å². The van der Waals surface area contributed by atoms with Crippen molar-refractivity contribution in [3.8, 4) is 0 Å². The fourth-order valence-corrected chi connectivity index (χ4v) is 3.29. The number of fused-ring (bicyclic) bond motifs is 1. The number of amides is 1. The molecule has 3 rings (SSSR count). The molecule has 2 heterocycles. The van der Waals surface area contributed by atoms with E-state index < -0.39 is 0 Å². The maximum absolute atomic E-state index is 12.0. The third-order valence-electron chi connectivity index (χ3n) is 3.47. The highest BCUT2D eigenvalue weighted by Gasteiger charge is 2.22. The van der Waals surface area contributed by atoms with Gasteiger partial charge in [-0.15, -0.1) is 11.3 Å². The van der Waals surface area contributed by atoms with Crippen molar-refractivity contribution in [3.63, 3.8) is 0 Å². The largest absolute Gasteiger partial charge is 0.351 e. The Bertz CT molecular complexity index is 589. The van der Waals surface area contributed by atoms with E-state index in [-0.39, 0.29) is 11.9 Å². The van der Waals surface area contributed by atoms with Gasteiger partial charge in [-0.2, -0.15) is 5.10 Å². The summed E-state index contributed by atoms with van der Waals surface area (Å²) in [5, 5.41) is 7.22. The minimum absolute atomic E-state index is 0.0322. The molecule has 0 radical (unpaired) electrons. The van der Waals surface area contributed by atoms with Crippen molar-refractivity contribution in [1.82, 2.24) is 20.1 Å². The van der Waals surface area contributed by atoms with Crippen molar-refractivity contribution < 1.29 is 4.79 Å². The molecule has 1 aliphatic carbocycles. The van der Waals surface area contributed by atoms with Crippen molar-refractivity contribution in [2.45, 2.75) is 38.8 Å². The fraction of sp³-hybridized carbons (Fsp3) is 0.462. The van der Waals surface area contributed by atoms with Gasteiger partial charge < -0.3 is 5.32 Å². The number of rotatable bonds is 3. The molecule has 1 amide bonds. The second-order valence-corrected chi connectivity index (χ2v) is 5.80. The summed E-state index contributed by atoms with van der Waals surface area (Å²) < 4.78 is 1.72. The standard InChI is InChI=1S/C13H16N4OS/c1-9-4-5-15-17(9)7-13(18)16-10-2-3-11-12(6-10)19-8-14-11/h4-5,8,10H,2-3,6-7H2,1H3,(H,16,18)/t10-/m0/s1. The van der Waals surface area contributed by atoms with Gasteiger partial charge in [0.15, 0.2) is 0 Å². The fourth-order valence-electron chi connectivity index (χ4n) is 2.40. The molecule has 1 atom stereocenters. The molecule has 2 aromatic heterocycles. The number of carbonyl (C=O) groups is 1. The number of nitrogens with zero attached hydrogens (tertiary/aromatic N) is 3. The van der Waals surface area contributed by atoms with Crippen LogP contribution < -0.4 is 5.32 Å². The van der Waals surface area contributed by atoms with Crippen LogP contribution in [0.5, 0.6) is 0 Å². The molecular formula is C13H16N4OS. The summed E-state index contributed by atoms with van der Waals surface area (Å²) in [5.74, 6) is 0.0322. The minimum Gasteiger partial charge on any atom is -0.351 e. The summed E-state index contributed by atoms with van der Waals surface area (Å²) in [6, 6.07) is 2.13. The normalized spacial score (nSPS) is 18.1.